The van der Waals surface area contributed by atoms with E-state index in [2.05, 4.69) is 0 Å². The standard InChI is InChI=1S/C17H18O4S/c1-22(19,20)12-11-14-7-9-15(10-8-14)13-17(18)21-16-5-3-2-4-6-16/h2-10H,11-13H2,1H3. The molecule has 2 aromatic rings. The molecule has 0 saturated carbocycles. The number of hydrogen-bond acceptors (Lipinski definition) is 4. The lowest BCUT2D eigenvalue weighted by Gasteiger charge is -2.05. The van der Waals surface area contributed by atoms with Gasteiger partial charge in [-0.3, -0.25) is 4.79 Å². The number of esters is 1. The predicted molar refractivity (Wildman–Crippen MR) is 85.6 cm³/mol. The van der Waals surface area contributed by atoms with E-state index in [9.17, 15) is 13.2 Å². The fourth-order valence-electron chi connectivity index (χ4n) is 1.95. The highest BCUT2D eigenvalue weighted by Crippen LogP contribution is 2.11. The summed E-state index contributed by atoms with van der Waals surface area (Å²) in [5.74, 6) is 0.329. The van der Waals surface area contributed by atoms with Crippen molar-refractivity contribution in [2.24, 2.45) is 0 Å². The molecule has 0 aliphatic rings. The zero-order chi connectivity index (χ0) is 16.0. The predicted octanol–water partition coefficient (Wildman–Crippen LogP) is 2.42. The summed E-state index contributed by atoms with van der Waals surface area (Å²) in [7, 11) is -2.96. The van der Waals surface area contributed by atoms with Crippen LogP contribution < -0.4 is 4.74 Å². The second-order valence-electron chi connectivity index (χ2n) is 5.16. The largest absolute Gasteiger partial charge is 0.426 e. The maximum atomic E-state index is 11.8. The normalized spacial score (nSPS) is 11.1. The maximum absolute atomic E-state index is 11.8. The van der Waals surface area contributed by atoms with Crippen LogP contribution in [0.3, 0.4) is 0 Å². The molecule has 2 rings (SSSR count). The highest BCUT2D eigenvalue weighted by atomic mass is 32.2. The summed E-state index contributed by atoms with van der Waals surface area (Å²) in [6.45, 7) is 0. The van der Waals surface area contributed by atoms with Crippen molar-refractivity contribution in [1.82, 2.24) is 0 Å². The summed E-state index contributed by atoms with van der Waals surface area (Å²) in [5.41, 5.74) is 1.77. The van der Waals surface area contributed by atoms with E-state index in [4.69, 9.17) is 4.74 Å². The fourth-order valence-corrected chi connectivity index (χ4v) is 2.56. The van der Waals surface area contributed by atoms with E-state index in [1.807, 2.05) is 30.3 Å². The third-order valence-electron chi connectivity index (χ3n) is 3.11. The Morgan fingerprint density at radius 3 is 2.14 bits per heavy atom. The Balaban J connectivity index is 1.89. The minimum Gasteiger partial charge on any atom is -0.426 e. The summed E-state index contributed by atoms with van der Waals surface area (Å²) >= 11 is 0. The number of rotatable bonds is 6. The molecule has 0 saturated heterocycles. The van der Waals surface area contributed by atoms with Crippen molar-refractivity contribution in [3.63, 3.8) is 0 Å². The van der Waals surface area contributed by atoms with E-state index in [-0.39, 0.29) is 18.1 Å². The third-order valence-corrected chi connectivity index (χ3v) is 4.05. The van der Waals surface area contributed by atoms with E-state index in [0.29, 0.717) is 12.2 Å². The van der Waals surface area contributed by atoms with Crippen LogP contribution >= 0.6 is 0 Å². The molecule has 5 heteroatoms. The molecule has 0 radical (unpaired) electrons. The van der Waals surface area contributed by atoms with Crippen LogP contribution in [0.1, 0.15) is 11.1 Å². The molecule has 22 heavy (non-hydrogen) atoms. The molecule has 0 bridgehead atoms. The molecular formula is C17H18O4S. The molecule has 116 valence electrons. The van der Waals surface area contributed by atoms with Crippen molar-refractivity contribution >= 4 is 15.8 Å². The molecule has 0 heterocycles. The van der Waals surface area contributed by atoms with Gasteiger partial charge < -0.3 is 4.74 Å². The second-order valence-corrected chi connectivity index (χ2v) is 7.42. The Morgan fingerprint density at radius 1 is 0.955 bits per heavy atom. The number of aryl methyl sites for hydroxylation is 1. The van der Waals surface area contributed by atoms with Gasteiger partial charge in [-0.25, -0.2) is 8.42 Å². The smallest absolute Gasteiger partial charge is 0.315 e. The molecule has 0 unspecified atom stereocenters. The number of carbonyl (C=O) groups is 1. The number of hydrogen-bond donors (Lipinski definition) is 0. The van der Waals surface area contributed by atoms with Crippen LogP contribution in [0.5, 0.6) is 5.75 Å². The van der Waals surface area contributed by atoms with E-state index in [1.54, 1.807) is 24.3 Å². The van der Waals surface area contributed by atoms with Crippen molar-refractivity contribution in [3.05, 3.63) is 65.7 Å². The average Bonchev–Trinajstić information content (AvgIpc) is 2.47. The first-order chi connectivity index (χ1) is 10.4. The first-order valence-electron chi connectivity index (χ1n) is 6.94. The van der Waals surface area contributed by atoms with Crippen molar-refractivity contribution in [1.29, 1.82) is 0 Å². The van der Waals surface area contributed by atoms with Crippen molar-refractivity contribution in [2.45, 2.75) is 12.8 Å². The molecular weight excluding hydrogens is 300 g/mol. The summed E-state index contributed by atoms with van der Waals surface area (Å²) in [6.07, 6.45) is 1.88. The van der Waals surface area contributed by atoms with E-state index in [0.717, 1.165) is 11.1 Å². The van der Waals surface area contributed by atoms with Crippen molar-refractivity contribution < 1.29 is 17.9 Å². The zero-order valence-corrected chi connectivity index (χ0v) is 13.2. The van der Waals surface area contributed by atoms with Crippen LogP contribution in [0.4, 0.5) is 0 Å². The lowest BCUT2D eigenvalue weighted by atomic mass is 10.1. The number of sulfone groups is 1. The number of carbonyl (C=O) groups excluding carboxylic acids is 1. The SMILES string of the molecule is CS(=O)(=O)CCc1ccc(CC(=O)Oc2ccccc2)cc1. The van der Waals surface area contributed by atoms with Crippen molar-refractivity contribution in [2.75, 3.05) is 12.0 Å². The van der Waals surface area contributed by atoms with Crippen LogP contribution in [0.25, 0.3) is 0 Å². The lowest BCUT2D eigenvalue weighted by molar-refractivity contribution is -0.133. The monoisotopic (exact) mass is 318 g/mol. The zero-order valence-electron chi connectivity index (χ0n) is 12.4. The van der Waals surface area contributed by atoms with Crippen LogP contribution in [-0.4, -0.2) is 26.4 Å². The fraction of sp³-hybridized carbons (Fsp3) is 0.235. The van der Waals surface area contributed by atoms with E-state index in [1.165, 1.54) is 6.26 Å². The number of benzene rings is 2. The topological polar surface area (TPSA) is 60.4 Å². The van der Waals surface area contributed by atoms with Gasteiger partial charge in [0.15, 0.2) is 0 Å². The molecule has 0 N–H and O–H groups in total. The summed E-state index contributed by atoms with van der Waals surface area (Å²) in [4.78, 5) is 11.8. The van der Waals surface area contributed by atoms with Crippen LogP contribution in [-0.2, 0) is 27.5 Å². The highest BCUT2D eigenvalue weighted by molar-refractivity contribution is 7.90. The summed E-state index contributed by atoms with van der Waals surface area (Å²) < 4.78 is 27.5. The lowest BCUT2D eigenvalue weighted by Crippen LogP contribution is -2.11. The minimum atomic E-state index is -2.96. The second kappa shape index (κ2) is 7.22. The van der Waals surface area contributed by atoms with Crippen LogP contribution in [0.2, 0.25) is 0 Å². The number of para-hydroxylation sites is 1. The first-order valence-corrected chi connectivity index (χ1v) is 9.00. The van der Waals surface area contributed by atoms with E-state index >= 15 is 0 Å². The van der Waals surface area contributed by atoms with Gasteiger partial charge in [-0.1, -0.05) is 42.5 Å². The molecule has 0 atom stereocenters. The van der Waals surface area contributed by atoms with Gasteiger partial charge in [-0.05, 0) is 29.7 Å². The van der Waals surface area contributed by atoms with Gasteiger partial charge in [0.05, 0.1) is 12.2 Å². The Morgan fingerprint density at radius 2 is 1.55 bits per heavy atom. The van der Waals surface area contributed by atoms with Gasteiger partial charge in [0.1, 0.15) is 15.6 Å². The molecule has 0 aliphatic heterocycles. The van der Waals surface area contributed by atoms with Gasteiger partial charge in [0.2, 0.25) is 0 Å². The summed E-state index contributed by atoms with van der Waals surface area (Å²) in [5, 5.41) is 0. The Kier molecular flexibility index (Phi) is 5.33. The molecule has 4 nitrogen and oxygen atoms in total. The Bertz CT molecular complexity index is 719. The average molecular weight is 318 g/mol. The summed E-state index contributed by atoms with van der Waals surface area (Å²) in [6, 6.07) is 16.3. The molecule has 0 fully saturated rings. The molecule has 0 spiro atoms. The van der Waals surface area contributed by atoms with Gasteiger partial charge in [0.25, 0.3) is 0 Å². The van der Waals surface area contributed by atoms with Gasteiger partial charge in [-0.15, -0.1) is 0 Å². The van der Waals surface area contributed by atoms with E-state index < -0.39 is 9.84 Å². The quantitative estimate of drug-likeness (QED) is 0.606. The highest BCUT2D eigenvalue weighted by Gasteiger charge is 2.07. The molecule has 0 aromatic heterocycles. The van der Waals surface area contributed by atoms with Crippen LogP contribution in [0, 0.1) is 0 Å². The first kappa shape index (κ1) is 16.2. The van der Waals surface area contributed by atoms with Gasteiger partial charge in [-0.2, -0.15) is 0 Å². The molecule has 0 aliphatic carbocycles. The third kappa shape index (κ3) is 5.69. The molecule has 0 amide bonds. The molecule has 2 aromatic carbocycles. The Labute approximate surface area is 130 Å². The van der Waals surface area contributed by atoms with Gasteiger partial charge in [0, 0.05) is 6.26 Å². The van der Waals surface area contributed by atoms with Crippen molar-refractivity contribution in [3.8, 4) is 5.75 Å². The Hall–Kier alpha value is -2.14. The minimum absolute atomic E-state index is 0.127. The maximum Gasteiger partial charge on any atom is 0.315 e. The van der Waals surface area contributed by atoms with Gasteiger partial charge >= 0.3 is 5.97 Å². The number of ether oxygens (including phenoxy) is 1. The van der Waals surface area contributed by atoms with Crippen LogP contribution in [0.15, 0.2) is 54.6 Å².